The van der Waals surface area contributed by atoms with Crippen molar-refractivity contribution < 1.29 is 4.57 Å². The number of para-hydroxylation sites is 1. The molecule has 2 atom stereocenters. The molecule has 0 spiro atoms. The first kappa shape index (κ1) is 18.6. The summed E-state index contributed by atoms with van der Waals surface area (Å²) in [5, 5.41) is 1.18. The molecule has 1 aromatic carbocycles. The summed E-state index contributed by atoms with van der Waals surface area (Å²) in [6, 6.07) is 8.56. The molecular weight excluding hydrogens is 370 g/mol. The van der Waals surface area contributed by atoms with Gasteiger partial charge in [-0.1, -0.05) is 29.3 Å². The van der Waals surface area contributed by atoms with Gasteiger partial charge in [0, 0.05) is 25.7 Å². The number of fused-ring (bicyclic) bond motifs is 2. The average Bonchev–Trinajstić information content (AvgIpc) is 3.22. The molecule has 1 aromatic heterocycles. The summed E-state index contributed by atoms with van der Waals surface area (Å²) in [6.07, 6.45) is 6.93. The SMILES string of the molecule is CC([NH-])=NCCCN1C=N/C(=C\c2sc3ccccc3[n+]2C)C2C1N=CN2C. The first-order chi connectivity index (χ1) is 13.5. The van der Waals surface area contributed by atoms with Gasteiger partial charge in [0.25, 0.3) is 5.01 Å². The molecule has 1 N–H and O–H groups in total. The van der Waals surface area contributed by atoms with Crippen LogP contribution in [-0.4, -0.2) is 60.7 Å². The van der Waals surface area contributed by atoms with Gasteiger partial charge in [-0.2, -0.15) is 4.57 Å². The van der Waals surface area contributed by atoms with Gasteiger partial charge < -0.3 is 20.5 Å². The lowest BCUT2D eigenvalue weighted by atomic mass is 10.1. The van der Waals surface area contributed by atoms with E-state index in [2.05, 4.69) is 63.8 Å². The minimum Gasteiger partial charge on any atom is -0.486 e. The molecule has 7 nitrogen and oxygen atoms in total. The van der Waals surface area contributed by atoms with Crippen LogP contribution in [0.15, 0.2) is 44.9 Å². The number of hydrogen-bond donors (Lipinski definition) is 0. The second kappa shape index (κ2) is 7.71. The second-order valence-corrected chi connectivity index (χ2v) is 8.19. The van der Waals surface area contributed by atoms with Crippen LogP contribution < -0.4 is 4.57 Å². The van der Waals surface area contributed by atoms with E-state index in [-0.39, 0.29) is 12.2 Å². The number of thiazole rings is 1. The third-order valence-electron chi connectivity index (χ3n) is 5.09. The maximum absolute atomic E-state index is 7.41. The van der Waals surface area contributed by atoms with Gasteiger partial charge in [0.1, 0.15) is 24.0 Å². The van der Waals surface area contributed by atoms with E-state index in [1.54, 1.807) is 18.3 Å². The van der Waals surface area contributed by atoms with Crippen LogP contribution in [0.1, 0.15) is 18.4 Å². The van der Waals surface area contributed by atoms with Crippen LogP contribution in [0.2, 0.25) is 0 Å². The van der Waals surface area contributed by atoms with Gasteiger partial charge in [0.2, 0.25) is 5.52 Å². The largest absolute Gasteiger partial charge is 0.486 e. The third-order valence-corrected chi connectivity index (χ3v) is 6.25. The fourth-order valence-electron chi connectivity index (χ4n) is 3.64. The van der Waals surface area contributed by atoms with Gasteiger partial charge in [-0.15, -0.1) is 0 Å². The van der Waals surface area contributed by atoms with Crippen molar-refractivity contribution in [2.24, 2.45) is 22.0 Å². The molecular formula is C20H25N7S. The summed E-state index contributed by atoms with van der Waals surface area (Å²) in [6.45, 7) is 3.20. The van der Waals surface area contributed by atoms with E-state index in [0.29, 0.717) is 12.4 Å². The minimum absolute atomic E-state index is 0.0366. The molecule has 2 aromatic rings. The topological polar surface area (TPSA) is 71.2 Å². The summed E-state index contributed by atoms with van der Waals surface area (Å²) in [7, 11) is 4.16. The minimum atomic E-state index is 0.0366. The van der Waals surface area contributed by atoms with E-state index in [1.165, 1.54) is 15.2 Å². The monoisotopic (exact) mass is 395 g/mol. The predicted molar refractivity (Wildman–Crippen MR) is 117 cm³/mol. The molecule has 0 aliphatic carbocycles. The molecule has 28 heavy (non-hydrogen) atoms. The van der Waals surface area contributed by atoms with Gasteiger partial charge in [-0.3, -0.25) is 0 Å². The highest BCUT2D eigenvalue weighted by molar-refractivity contribution is 7.18. The number of likely N-dealkylation sites (N-methyl/N-ethyl adjacent to an activating group) is 1. The standard InChI is InChI=1S/C20H25N7S/c1-14(21)22-9-6-10-27-13-23-15(19-20(27)24-12-25(19)2)11-18-26(3)16-7-4-5-8-17(16)28-18/h4-5,7-8,11-13,19-20H,6,9-10H2,1-3H3,(H-,21,22). The smallest absolute Gasteiger partial charge is 0.264 e. The average molecular weight is 396 g/mol. The molecule has 2 unspecified atom stereocenters. The van der Waals surface area contributed by atoms with Gasteiger partial charge in [0.05, 0.1) is 18.4 Å². The Labute approximate surface area is 169 Å². The Morgan fingerprint density at radius 2 is 2.18 bits per heavy atom. The Morgan fingerprint density at radius 3 is 2.96 bits per heavy atom. The van der Waals surface area contributed by atoms with Crippen LogP contribution in [0, 0.1) is 0 Å². The zero-order valence-electron chi connectivity index (χ0n) is 16.4. The number of aromatic nitrogens is 1. The highest BCUT2D eigenvalue weighted by Gasteiger charge is 2.38. The lowest BCUT2D eigenvalue weighted by Gasteiger charge is -2.35. The van der Waals surface area contributed by atoms with E-state index >= 15 is 0 Å². The van der Waals surface area contributed by atoms with Gasteiger partial charge >= 0.3 is 0 Å². The fraction of sp³-hybridized carbons (Fsp3) is 0.400. The zero-order chi connectivity index (χ0) is 19.7. The van der Waals surface area contributed by atoms with Crippen molar-refractivity contribution in [3.63, 3.8) is 0 Å². The first-order valence-corrected chi connectivity index (χ1v) is 10.2. The Bertz CT molecular complexity index is 984. The summed E-state index contributed by atoms with van der Waals surface area (Å²) in [5.41, 5.74) is 9.67. The van der Waals surface area contributed by atoms with Crippen LogP contribution in [0.3, 0.4) is 0 Å². The molecule has 0 fully saturated rings. The lowest BCUT2D eigenvalue weighted by molar-refractivity contribution is -0.642. The number of benzene rings is 1. The predicted octanol–water partition coefficient (Wildman–Crippen LogP) is 2.94. The van der Waals surface area contributed by atoms with Gasteiger partial charge in [-0.05, 0) is 26.0 Å². The fourth-order valence-corrected chi connectivity index (χ4v) is 4.73. The van der Waals surface area contributed by atoms with Gasteiger partial charge in [-0.25, -0.2) is 9.98 Å². The number of rotatable bonds is 5. The summed E-state index contributed by atoms with van der Waals surface area (Å²) < 4.78 is 3.50. The zero-order valence-corrected chi connectivity index (χ0v) is 17.2. The molecule has 0 saturated heterocycles. The Kier molecular flexibility index (Phi) is 5.13. The number of nitrogens with zero attached hydrogens (tertiary/aromatic N) is 6. The number of aryl methyl sites for hydroxylation is 1. The summed E-state index contributed by atoms with van der Waals surface area (Å²) in [5.74, 6) is 0.380. The number of nitrogens with one attached hydrogen (secondary N) is 1. The summed E-state index contributed by atoms with van der Waals surface area (Å²) in [4.78, 5) is 18.0. The van der Waals surface area contributed by atoms with Gasteiger partial charge in [0.15, 0.2) is 0 Å². The molecule has 4 rings (SSSR count). The van der Waals surface area contributed by atoms with Crippen molar-refractivity contribution in [2.75, 3.05) is 20.1 Å². The van der Waals surface area contributed by atoms with Crippen molar-refractivity contribution in [2.45, 2.75) is 25.6 Å². The molecule has 0 bridgehead atoms. The van der Waals surface area contributed by atoms with E-state index in [4.69, 9.17) is 15.7 Å². The molecule has 3 heterocycles. The molecule has 146 valence electrons. The quantitative estimate of drug-likeness (QED) is 0.338. The maximum Gasteiger partial charge on any atom is 0.264 e. The van der Waals surface area contributed by atoms with Crippen molar-refractivity contribution in [1.29, 1.82) is 0 Å². The van der Waals surface area contributed by atoms with Crippen molar-refractivity contribution in [1.82, 2.24) is 9.80 Å². The first-order valence-electron chi connectivity index (χ1n) is 9.41. The van der Waals surface area contributed by atoms with Crippen molar-refractivity contribution in [3.8, 4) is 0 Å². The Morgan fingerprint density at radius 1 is 1.36 bits per heavy atom. The van der Waals surface area contributed by atoms with Crippen LogP contribution in [0.25, 0.3) is 22.0 Å². The molecule has 2 aliphatic heterocycles. The summed E-state index contributed by atoms with van der Waals surface area (Å²) >= 11 is 1.78. The molecule has 0 radical (unpaired) electrons. The number of aliphatic imine (C=N–C) groups is 3. The number of hydrogen-bond acceptors (Lipinski definition) is 6. The highest BCUT2D eigenvalue weighted by Crippen LogP contribution is 2.29. The lowest BCUT2D eigenvalue weighted by Crippen LogP contribution is -2.48. The molecule has 2 aliphatic rings. The Hall–Kier alpha value is -2.74. The maximum atomic E-state index is 7.41. The van der Waals surface area contributed by atoms with E-state index < -0.39 is 0 Å². The van der Waals surface area contributed by atoms with E-state index in [1.807, 2.05) is 12.7 Å². The molecule has 0 saturated carbocycles. The van der Waals surface area contributed by atoms with E-state index in [9.17, 15) is 0 Å². The molecule has 8 heteroatoms. The number of amidine groups is 1. The normalized spacial score (nSPS) is 23.2. The Balaban J connectivity index is 1.59. The van der Waals surface area contributed by atoms with Crippen molar-refractivity contribution >= 4 is 46.1 Å². The second-order valence-electron chi connectivity index (χ2n) is 7.13. The molecule has 0 amide bonds. The third kappa shape index (κ3) is 3.52. The van der Waals surface area contributed by atoms with Crippen LogP contribution >= 0.6 is 11.3 Å². The van der Waals surface area contributed by atoms with E-state index in [0.717, 1.165) is 18.7 Å². The van der Waals surface area contributed by atoms with Crippen LogP contribution in [-0.2, 0) is 7.05 Å². The highest BCUT2D eigenvalue weighted by atomic mass is 32.1. The van der Waals surface area contributed by atoms with Crippen LogP contribution in [0.4, 0.5) is 0 Å². The van der Waals surface area contributed by atoms with Crippen LogP contribution in [0.5, 0.6) is 0 Å². The van der Waals surface area contributed by atoms with Crippen molar-refractivity contribution in [3.05, 3.63) is 40.7 Å².